The standard InChI is InChI=1S/C20H28ClN3O2/c1-3-22-19(24-11-7-15(8-12-24)18(25)26-2)23-14-20(9-10-20)16-5-4-6-17(21)13-16/h4-6,13,15H,3,7-12,14H2,1-2H3,(H,22,23). The second kappa shape index (κ2) is 8.30. The lowest BCUT2D eigenvalue weighted by molar-refractivity contribution is -0.146. The van der Waals surface area contributed by atoms with Crippen molar-refractivity contribution in [3.05, 3.63) is 34.9 Å². The number of carbonyl (C=O) groups excluding carboxylic acids is 1. The van der Waals surface area contributed by atoms with Crippen LogP contribution < -0.4 is 5.32 Å². The van der Waals surface area contributed by atoms with Gasteiger partial charge >= 0.3 is 5.97 Å². The maximum atomic E-state index is 11.7. The molecule has 5 nitrogen and oxygen atoms in total. The van der Waals surface area contributed by atoms with Crippen molar-refractivity contribution >= 4 is 23.5 Å². The van der Waals surface area contributed by atoms with Crippen LogP contribution in [0.25, 0.3) is 0 Å². The fraction of sp³-hybridized carbons (Fsp3) is 0.600. The van der Waals surface area contributed by atoms with E-state index in [1.807, 2.05) is 12.1 Å². The first-order valence-electron chi connectivity index (χ1n) is 9.45. The molecule has 1 saturated carbocycles. The normalized spacial score (nSPS) is 20.0. The number of hydrogen-bond acceptors (Lipinski definition) is 3. The molecule has 26 heavy (non-hydrogen) atoms. The molecule has 6 heteroatoms. The fourth-order valence-corrected chi connectivity index (χ4v) is 3.84. The summed E-state index contributed by atoms with van der Waals surface area (Å²) in [5.41, 5.74) is 1.42. The number of methoxy groups -OCH3 is 1. The van der Waals surface area contributed by atoms with Gasteiger partial charge in [0.15, 0.2) is 5.96 Å². The van der Waals surface area contributed by atoms with Gasteiger partial charge in [0.2, 0.25) is 0 Å². The van der Waals surface area contributed by atoms with Crippen molar-refractivity contribution in [3.63, 3.8) is 0 Å². The number of rotatable bonds is 5. The Morgan fingerprint density at radius 1 is 1.38 bits per heavy atom. The number of hydrogen-bond donors (Lipinski definition) is 1. The summed E-state index contributed by atoms with van der Waals surface area (Å²) in [7, 11) is 1.46. The molecular weight excluding hydrogens is 350 g/mol. The summed E-state index contributed by atoms with van der Waals surface area (Å²) < 4.78 is 4.88. The van der Waals surface area contributed by atoms with Crippen molar-refractivity contribution in [2.45, 2.75) is 38.0 Å². The summed E-state index contributed by atoms with van der Waals surface area (Å²) in [6, 6.07) is 8.16. The Labute approximate surface area is 160 Å². The van der Waals surface area contributed by atoms with Gasteiger partial charge in [-0.3, -0.25) is 9.79 Å². The third-order valence-corrected chi connectivity index (χ3v) is 5.72. The molecule has 0 atom stereocenters. The summed E-state index contributed by atoms with van der Waals surface area (Å²) in [5.74, 6) is 0.869. The van der Waals surface area contributed by atoms with Crippen LogP contribution in [0, 0.1) is 5.92 Å². The van der Waals surface area contributed by atoms with E-state index < -0.39 is 0 Å². The Morgan fingerprint density at radius 2 is 2.12 bits per heavy atom. The van der Waals surface area contributed by atoms with Gasteiger partial charge < -0.3 is 15.0 Å². The number of esters is 1. The van der Waals surface area contributed by atoms with E-state index in [1.54, 1.807) is 0 Å². The van der Waals surface area contributed by atoms with Crippen LogP contribution in [0.1, 0.15) is 38.2 Å². The Hall–Kier alpha value is -1.75. The molecule has 0 spiro atoms. The number of ether oxygens (including phenoxy) is 1. The average molecular weight is 378 g/mol. The average Bonchev–Trinajstić information content (AvgIpc) is 3.46. The van der Waals surface area contributed by atoms with Crippen LogP contribution in [0.15, 0.2) is 29.3 Å². The largest absolute Gasteiger partial charge is 0.469 e. The van der Waals surface area contributed by atoms with Gasteiger partial charge in [-0.25, -0.2) is 0 Å². The van der Waals surface area contributed by atoms with Crippen LogP contribution in [0.3, 0.4) is 0 Å². The maximum absolute atomic E-state index is 11.7. The lowest BCUT2D eigenvalue weighted by Crippen LogP contribution is -2.47. The Balaban J connectivity index is 1.66. The first-order valence-corrected chi connectivity index (χ1v) is 9.83. The van der Waals surface area contributed by atoms with Gasteiger partial charge in [0.05, 0.1) is 19.6 Å². The molecular formula is C20H28ClN3O2. The van der Waals surface area contributed by atoms with Crippen LogP contribution in [-0.2, 0) is 14.9 Å². The van der Waals surface area contributed by atoms with E-state index in [0.29, 0.717) is 0 Å². The molecule has 0 aromatic heterocycles. The maximum Gasteiger partial charge on any atom is 0.308 e. The molecule has 1 N–H and O–H groups in total. The fourth-order valence-electron chi connectivity index (χ4n) is 3.65. The van der Waals surface area contributed by atoms with Crippen molar-refractivity contribution in [1.82, 2.24) is 10.2 Å². The second-order valence-corrected chi connectivity index (χ2v) is 7.68. The van der Waals surface area contributed by atoms with E-state index in [1.165, 1.54) is 12.7 Å². The number of carbonyl (C=O) groups is 1. The van der Waals surface area contributed by atoms with Gasteiger partial charge in [-0.15, -0.1) is 0 Å². The van der Waals surface area contributed by atoms with Gasteiger partial charge in [0.25, 0.3) is 0 Å². The molecule has 1 heterocycles. The molecule has 2 aliphatic rings. The van der Waals surface area contributed by atoms with Crippen LogP contribution in [0.4, 0.5) is 0 Å². The third kappa shape index (κ3) is 4.32. The SMILES string of the molecule is CCNC(=NCC1(c2cccc(Cl)c2)CC1)N1CCC(C(=O)OC)CC1. The highest BCUT2D eigenvalue weighted by molar-refractivity contribution is 6.30. The summed E-state index contributed by atoms with van der Waals surface area (Å²) in [4.78, 5) is 18.9. The molecule has 1 aliphatic heterocycles. The zero-order valence-corrected chi connectivity index (χ0v) is 16.4. The van der Waals surface area contributed by atoms with Crippen molar-refractivity contribution in [2.24, 2.45) is 10.9 Å². The van der Waals surface area contributed by atoms with Gasteiger partial charge in [-0.1, -0.05) is 23.7 Å². The number of aliphatic imine (C=N–C) groups is 1. The Bertz CT molecular complexity index is 665. The molecule has 1 aromatic rings. The molecule has 1 aliphatic carbocycles. The van der Waals surface area contributed by atoms with Crippen molar-refractivity contribution in [3.8, 4) is 0 Å². The first-order chi connectivity index (χ1) is 12.6. The number of guanidine groups is 1. The van der Waals surface area contributed by atoms with Gasteiger partial charge in [0.1, 0.15) is 0 Å². The number of benzene rings is 1. The summed E-state index contributed by atoms with van der Waals surface area (Å²) >= 11 is 6.17. The van der Waals surface area contributed by atoms with Crippen LogP contribution in [0.2, 0.25) is 5.02 Å². The highest BCUT2D eigenvalue weighted by Gasteiger charge is 2.44. The summed E-state index contributed by atoms with van der Waals surface area (Å²) in [6.45, 7) is 5.35. The summed E-state index contributed by atoms with van der Waals surface area (Å²) in [6.07, 6.45) is 3.94. The highest BCUT2D eigenvalue weighted by atomic mass is 35.5. The van der Waals surface area contributed by atoms with Crippen LogP contribution in [-0.4, -0.2) is 50.1 Å². The summed E-state index contributed by atoms with van der Waals surface area (Å²) in [5, 5.41) is 4.19. The Morgan fingerprint density at radius 3 is 2.69 bits per heavy atom. The van der Waals surface area contributed by atoms with Crippen molar-refractivity contribution in [1.29, 1.82) is 0 Å². The van der Waals surface area contributed by atoms with Crippen LogP contribution >= 0.6 is 11.6 Å². The van der Waals surface area contributed by atoms with E-state index in [2.05, 4.69) is 29.3 Å². The van der Waals surface area contributed by atoms with E-state index in [-0.39, 0.29) is 17.3 Å². The molecule has 0 amide bonds. The number of nitrogens with one attached hydrogen (secondary N) is 1. The quantitative estimate of drug-likeness (QED) is 0.486. The van der Waals surface area contributed by atoms with E-state index in [0.717, 1.165) is 62.8 Å². The molecule has 0 radical (unpaired) electrons. The minimum absolute atomic E-state index is 0.0142. The number of piperidine rings is 1. The van der Waals surface area contributed by atoms with E-state index >= 15 is 0 Å². The third-order valence-electron chi connectivity index (χ3n) is 5.49. The molecule has 2 fully saturated rings. The van der Waals surface area contributed by atoms with E-state index in [4.69, 9.17) is 21.3 Å². The molecule has 1 saturated heterocycles. The van der Waals surface area contributed by atoms with Gasteiger partial charge in [-0.2, -0.15) is 0 Å². The Kier molecular flexibility index (Phi) is 6.07. The molecule has 0 bridgehead atoms. The van der Waals surface area contributed by atoms with Gasteiger partial charge in [-0.05, 0) is 50.3 Å². The van der Waals surface area contributed by atoms with E-state index in [9.17, 15) is 4.79 Å². The predicted octanol–water partition coefficient (Wildman–Crippen LogP) is 3.22. The first kappa shape index (κ1) is 19.0. The lowest BCUT2D eigenvalue weighted by atomic mass is 9.96. The molecule has 142 valence electrons. The second-order valence-electron chi connectivity index (χ2n) is 7.25. The predicted molar refractivity (Wildman–Crippen MR) is 105 cm³/mol. The minimum atomic E-state index is -0.0931. The zero-order chi connectivity index (χ0) is 18.6. The molecule has 3 rings (SSSR count). The molecule has 1 aromatic carbocycles. The monoisotopic (exact) mass is 377 g/mol. The van der Waals surface area contributed by atoms with Gasteiger partial charge in [0, 0.05) is 30.1 Å². The lowest BCUT2D eigenvalue weighted by Gasteiger charge is -2.33. The van der Waals surface area contributed by atoms with Crippen LogP contribution in [0.5, 0.6) is 0 Å². The van der Waals surface area contributed by atoms with Crippen molar-refractivity contribution < 1.29 is 9.53 Å². The number of likely N-dealkylation sites (tertiary alicyclic amines) is 1. The topological polar surface area (TPSA) is 53.9 Å². The number of halogens is 1. The molecule has 0 unspecified atom stereocenters. The van der Waals surface area contributed by atoms with Crippen molar-refractivity contribution in [2.75, 3.05) is 33.3 Å². The highest BCUT2D eigenvalue weighted by Crippen LogP contribution is 2.48. The zero-order valence-electron chi connectivity index (χ0n) is 15.6. The smallest absolute Gasteiger partial charge is 0.308 e. The number of nitrogens with zero attached hydrogens (tertiary/aromatic N) is 2. The minimum Gasteiger partial charge on any atom is -0.469 e.